The molecule has 1 aliphatic rings. The number of hydrogen-bond acceptors (Lipinski definition) is 3. The molecular formula is C17H27NO3S. The molecule has 0 heterocycles. The highest BCUT2D eigenvalue weighted by atomic mass is 32.2. The van der Waals surface area contributed by atoms with Crippen molar-refractivity contribution in [2.75, 3.05) is 13.2 Å². The van der Waals surface area contributed by atoms with Gasteiger partial charge in [0.25, 0.3) is 0 Å². The van der Waals surface area contributed by atoms with Crippen molar-refractivity contribution in [3.05, 3.63) is 29.8 Å². The van der Waals surface area contributed by atoms with Crippen molar-refractivity contribution in [1.29, 1.82) is 0 Å². The molecule has 4 nitrogen and oxygen atoms in total. The number of aliphatic hydroxyl groups is 1. The second-order valence-electron chi connectivity index (χ2n) is 6.77. The number of sulfonamides is 1. The van der Waals surface area contributed by atoms with Crippen LogP contribution in [0.3, 0.4) is 0 Å². The molecule has 0 bridgehead atoms. The first-order chi connectivity index (χ1) is 10.4. The van der Waals surface area contributed by atoms with Gasteiger partial charge in [-0.05, 0) is 36.5 Å². The van der Waals surface area contributed by atoms with Gasteiger partial charge in [-0.2, -0.15) is 0 Å². The van der Waals surface area contributed by atoms with E-state index >= 15 is 0 Å². The molecule has 1 fully saturated rings. The van der Waals surface area contributed by atoms with Gasteiger partial charge in [0.2, 0.25) is 10.0 Å². The summed E-state index contributed by atoms with van der Waals surface area (Å²) in [5, 5.41) is 9.67. The highest BCUT2D eigenvalue weighted by molar-refractivity contribution is 7.89. The molecule has 124 valence electrons. The summed E-state index contributed by atoms with van der Waals surface area (Å²) < 4.78 is 27.5. The summed E-state index contributed by atoms with van der Waals surface area (Å²) in [5.41, 5.74) is 0.835. The number of nitrogens with one attached hydrogen (secondary N) is 1. The van der Waals surface area contributed by atoms with Crippen LogP contribution >= 0.6 is 0 Å². The molecule has 0 radical (unpaired) electrons. The van der Waals surface area contributed by atoms with Crippen LogP contribution < -0.4 is 4.72 Å². The predicted molar refractivity (Wildman–Crippen MR) is 88.3 cm³/mol. The molecule has 0 atom stereocenters. The van der Waals surface area contributed by atoms with E-state index in [1.165, 1.54) is 6.42 Å². The summed E-state index contributed by atoms with van der Waals surface area (Å²) in [6.45, 7) is 4.52. The first kappa shape index (κ1) is 17.4. The minimum Gasteiger partial charge on any atom is -0.396 e. The largest absolute Gasteiger partial charge is 0.396 e. The lowest BCUT2D eigenvalue weighted by atomic mass is 9.75. The Balaban J connectivity index is 2.07. The van der Waals surface area contributed by atoms with E-state index in [-0.39, 0.29) is 12.0 Å². The van der Waals surface area contributed by atoms with Crippen LogP contribution in [0.5, 0.6) is 0 Å². The van der Waals surface area contributed by atoms with Gasteiger partial charge in [-0.1, -0.05) is 45.2 Å². The minimum absolute atomic E-state index is 0.0435. The van der Waals surface area contributed by atoms with E-state index < -0.39 is 10.0 Å². The molecule has 0 unspecified atom stereocenters. The molecule has 22 heavy (non-hydrogen) atoms. The molecule has 0 aromatic heterocycles. The highest BCUT2D eigenvalue weighted by Gasteiger charge is 2.32. The maximum atomic E-state index is 12.4. The summed E-state index contributed by atoms with van der Waals surface area (Å²) >= 11 is 0. The Bertz CT molecular complexity index is 572. The fourth-order valence-electron chi connectivity index (χ4n) is 3.06. The molecule has 5 heteroatoms. The van der Waals surface area contributed by atoms with Crippen LogP contribution in [0.4, 0.5) is 0 Å². The standard InChI is InChI=1S/C17H27NO3S/c1-14(2)15-6-8-16(9-7-15)22(20,21)18-12-17(13-19)10-4-3-5-11-17/h6-9,14,18-19H,3-5,10-13H2,1-2H3. The van der Waals surface area contributed by atoms with Crippen LogP contribution in [0.2, 0.25) is 0 Å². The van der Waals surface area contributed by atoms with Crippen molar-refractivity contribution in [3.63, 3.8) is 0 Å². The Hall–Kier alpha value is -0.910. The van der Waals surface area contributed by atoms with Gasteiger partial charge < -0.3 is 5.11 Å². The lowest BCUT2D eigenvalue weighted by molar-refractivity contribution is 0.0867. The molecule has 1 aliphatic carbocycles. The van der Waals surface area contributed by atoms with Crippen molar-refractivity contribution < 1.29 is 13.5 Å². The van der Waals surface area contributed by atoms with E-state index in [2.05, 4.69) is 18.6 Å². The van der Waals surface area contributed by atoms with Gasteiger partial charge in [0.05, 0.1) is 4.90 Å². The quantitative estimate of drug-likeness (QED) is 0.845. The Morgan fingerprint density at radius 3 is 2.23 bits per heavy atom. The molecule has 2 N–H and O–H groups in total. The van der Waals surface area contributed by atoms with E-state index in [1.54, 1.807) is 12.1 Å². The fourth-order valence-corrected chi connectivity index (χ4v) is 4.21. The number of aliphatic hydroxyl groups excluding tert-OH is 1. The second kappa shape index (κ2) is 7.11. The van der Waals surface area contributed by atoms with Gasteiger partial charge in [-0.15, -0.1) is 0 Å². The van der Waals surface area contributed by atoms with E-state index in [0.717, 1.165) is 31.2 Å². The Kier molecular flexibility index (Phi) is 5.64. The molecule has 0 amide bonds. The monoisotopic (exact) mass is 325 g/mol. The third-order valence-electron chi connectivity index (χ3n) is 4.74. The fraction of sp³-hybridized carbons (Fsp3) is 0.647. The number of hydrogen-bond donors (Lipinski definition) is 2. The molecule has 1 aromatic rings. The van der Waals surface area contributed by atoms with Crippen LogP contribution in [0.15, 0.2) is 29.2 Å². The van der Waals surface area contributed by atoms with Gasteiger partial charge in [-0.3, -0.25) is 0 Å². The van der Waals surface area contributed by atoms with Crippen LogP contribution in [0.25, 0.3) is 0 Å². The zero-order valence-electron chi connectivity index (χ0n) is 13.5. The molecule has 2 rings (SSSR count). The Morgan fingerprint density at radius 2 is 1.73 bits per heavy atom. The van der Waals surface area contributed by atoms with Gasteiger partial charge in [0.15, 0.2) is 0 Å². The van der Waals surface area contributed by atoms with Crippen molar-refractivity contribution in [2.24, 2.45) is 5.41 Å². The highest BCUT2D eigenvalue weighted by Crippen LogP contribution is 2.35. The van der Waals surface area contributed by atoms with E-state index in [0.29, 0.717) is 17.4 Å². The van der Waals surface area contributed by atoms with E-state index in [4.69, 9.17) is 0 Å². The topological polar surface area (TPSA) is 66.4 Å². The van der Waals surface area contributed by atoms with Gasteiger partial charge >= 0.3 is 0 Å². The summed E-state index contributed by atoms with van der Waals surface area (Å²) in [7, 11) is -3.51. The average molecular weight is 325 g/mol. The number of benzene rings is 1. The predicted octanol–water partition coefficient (Wildman–Crippen LogP) is 3.03. The van der Waals surface area contributed by atoms with Crippen molar-refractivity contribution >= 4 is 10.0 Å². The SMILES string of the molecule is CC(C)c1ccc(S(=O)(=O)NCC2(CO)CCCCC2)cc1. The number of rotatable bonds is 6. The van der Waals surface area contributed by atoms with Crippen LogP contribution in [-0.4, -0.2) is 26.7 Å². The van der Waals surface area contributed by atoms with Crippen molar-refractivity contribution in [2.45, 2.75) is 56.8 Å². The van der Waals surface area contributed by atoms with E-state index in [9.17, 15) is 13.5 Å². The molecule has 1 saturated carbocycles. The first-order valence-corrected chi connectivity index (χ1v) is 9.57. The van der Waals surface area contributed by atoms with Gasteiger partial charge in [-0.25, -0.2) is 13.1 Å². The lowest BCUT2D eigenvalue weighted by Gasteiger charge is -2.35. The minimum atomic E-state index is -3.51. The van der Waals surface area contributed by atoms with Crippen molar-refractivity contribution in [1.82, 2.24) is 4.72 Å². The van der Waals surface area contributed by atoms with Gasteiger partial charge in [0.1, 0.15) is 0 Å². The smallest absolute Gasteiger partial charge is 0.240 e. The maximum absolute atomic E-state index is 12.4. The van der Waals surface area contributed by atoms with Crippen LogP contribution in [-0.2, 0) is 10.0 Å². The Labute approximate surface area is 134 Å². The van der Waals surface area contributed by atoms with Crippen LogP contribution in [0, 0.1) is 5.41 Å². The Morgan fingerprint density at radius 1 is 1.14 bits per heavy atom. The maximum Gasteiger partial charge on any atom is 0.240 e. The molecule has 0 spiro atoms. The second-order valence-corrected chi connectivity index (χ2v) is 8.53. The average Bonchev–Trinajstić information content (AvgIpc) is 2.54. The summed E-state index contributed by atoms with van der Waals surface area (Å²) in [5.74, 6) is 0.379. The molecule has 1 aromatic carbocycles. The summed E-state index contributed by atoms with van der Waals surface area (Å²) in [4.78, 5) is 0.292. The summed E-state index contributed by atoms with van der Waals surface area (Å²) in [6.07, 6.45) is 5.07. The van der Waals surface area contributed by atoms with E-state index in [1.807, 2.05) is 12.1 Å². The summed E-state index contributed by atoms with van der Waals surface area (Å²) in [6, 6.07) is 7.04. The molecule has 0 aliphatic heterocycles. The van der Waals surface area contributed by atoms with Crippen molar-refractivity contribution in [3.8, 4) is 0 Å². The van der Waals surface area contributed by atoms with Gasteiger partial charge in [0, 0.05) is 18.6 Å². The zero-order valence-corrected chi connectivity index (χ0v) is 14.3. The third-order valence-corrected chi connectivity index (χ3v) is 6.16. The lowest BCUT2D eigenvalue weighted by Crippen LogP contribution is -2.41. The normalized spacial score (nSPS) is 18.5. The zero-order chi connectivity index (χ0) is 16.2. The third kappa shape index (κ3) is 4.09. The molecule has 0 saturated heterocycles. The first-order valence-electron chi connectivity index (χ1n) is 8.09. The van der Waals surface area contributed by atoms with Crippen LogP contribution in [0.1, 0.15) is 57.4 Å². The molecular weight excluding hydrogens is 298 g/mol.